The number of allylic oxidation sites excluding steroid dienone is 6. The summed E-state index contributed by atoms with van der Waals surface area (Å²) in [6.45, 7) is 23.4. The van der Waals surface area contributed by atoms with E-state index in [1.165, 1.54) is 54.0 Å². The first-order valence-corrected chi connectivity index (χ1v) is 17.5. The van der Waals surface area contributed by atoms with Crippen LogP contribution in [-0.2, 0) is 24.4 Å². The van der Waals surface area contributed by atoms with Gasteiger partial charge in [-0.25, -0.2) is 0 Å². The Labute approximate surface area is 179 Å². The maximum atomic E-state index is 4.38. The minimum atomic E-state index is -1.04. The average Bonchev–Trinajstić information content (AvgIpc) is 2.56. The summed E-state index contributed by atoms with van der Waals surface area (Å²) in [5.74, 6) is 0. The standard InChI is InChI=1S/C19H33Si2.2ClH.Hf/c1-16(14-20(3,4)5)12-18-10-9-11-19(18)13-17(2)15-21(6,7)8;;;/h10H,1-2,9,12-15H2,3-8H3;2*1H;. The molecule has 0 fully saturated rings. The molecule has 1 rings (SSSR count). The maximum absolute atomic E-state index is 4.38. The van der Waals surface area contributed by atoms with Gasteiger partial charge in [-0.05, 0) is 0 Å². The molecule has 24 heavy (non-hydrogen) atoms. The molecular weight excluding hydrogens is 534 g/mol. The molecule has 0 unspecified atom stereocenters. The molecule has 0 aromatic heterocycles. The van der Waals surface area contributed by atoms with Crippen molar-refractivity contribution in [1.29, 1.82) is 0 Å². The fourth-order valence-electron chi connectivity index (χ4n) is 3.21. The van der Waals surface area contributed by atoms with Gasteiger partial charge in [0.2, 0.25) is 0 Å². The van der Waals surface area contributed by atoms with E-state index in [-0.39, 0.29) is 24.8 Å². The number of halogens is 2. The van der Waals surface area contributed by atoms with Crippen molar-refractivity contribution in [3.05, 3.63) is 44.9 Å². The second kappa shape index (κ2) is 10.9. The summed E-state index contributed by atoms with van der Waals surface area (Å²) in [5, 5.41) is 0. The normalized spacial score (nSPS) is 14.6. The van der Waals surface area contributed by atoms with Gasteiger partial charge < -0.3 is 0 Å². The van der Waals surface area contributed by atoms with E-state index in [0.29, 0.717) is 0 Å². The Kier molecular flexibility index (Phi) is 12.3. The first-order chi connectivity index (χ1) is 9.87. The molecule has 0 saturated carbocycles. The zero-order valence-corrected chi connectivity index (χ0v) is 23.6. The van der Waals surface area contributed by atoms with Crippen molar-refractivity contribution in [2.75, 3.05) is 0 Å². The smallest absolute Gasteiger partial charge is 0.147 e. The summed E-state index contributed by atoms with van der Waals surface area (Å²) >= 11 is 1.19. The van der Waals surface area contributed by atoms with Crippen molar-refractivity contribution in [3.63, 3.8) is 0 Å². The third kappa shape index (κ3) is 10.7. The molecule has 0 atom stereocenters. The summed E-state index contributed by atoms with van der Waals surface area (Å²) in [6, 6.07) is 2.51. The molecule has 0 N–H and O–H groups in total. The molecule has 0 heterocycles. The zero-order chi connectivity index (χ0) is 17.1. The van der Waals surface area contributed by atoms with Gasteiger partial charge in [-0.2, -0.15) is 0 Å². The fourth-order valence-corrected chi connectivity index (χ4v) is 7.72. The van der Waals surface area contributed by atoms with Crippen molar-refractivity contribution in [1.82, 2.24) is 0 Å². The predicted octanol–water partition coefficient (Wildman–Crippen LogP) is 7.53. The van der Waals surface area contributed by atoms with Gasteiger partial charge >= 0.3 is 156 Å². The molecule has 5 heteroatoms. The Hall–Kier alpha value is 0.844. The molecular formula is C19H35Cl2HfSi2. The van der Waals surface area contributed by atoms with Gasteiger partial charge in [0, 0.05) is 0 Å². The predicted molar refractivity (Wildman–Crippen MR) is 118 cm³/mol. The van der Waals surface area contributed by atoms with Gasteiger partial charge in [0.15, 0.2) is 0 Å². The summed E-state index contributed by atoms with van der Waals surface area (Å²) < 4.78 is 1.69. The van der Waals surface area contributed by atoms with Gasteiger partial charge in [0.25, 0.3) is 0 Å². The van der Waals surface area contributed by atoms with Crippen LogP contribution < -0.4 is 0 Å². The SMILES string of the molecule is C=C(CC1=CC[C]([Hf])=C1CC(=C)C[Si](C)(C)C)C[Si](C)(C)C.Cl.Cl. The fraction of sp³-hybridized carbons (Fsp3) is 0.579. The van der Waals surface area contributed by atoms with Gasteiger partial charge in [-0.3, -0.25) is 0 Å². The van der Waals surface area contributed by atoms with E-state index < -0.39 is 16.1 Å². The third-order valence-electron chi connectivity index (χ3n) is 3.73. The molecule has 0 nitrogen and oxygen atoms in total. The number of hydrogen-bond donors (Lipinski definition) is 0. The molecule has 0 saturated heterocycles. The minimum absolute atomic E-state index is 0. The van der Waals surface area contributed by atoms with Crippen LogP contribution >= 0.6 is 24.8 Å². The molecule has 0 bridgehead atoms. The second-order valence-electron chi connectivity index (χ2n) is 9.22. The monoisotopic (exact) mass is 569 g/mol. The van der Waals surface area contributed by atoms with E-state index >= 15 is 0 Å². The van der Waals surface area contributed by atoms with Gasteiger partial charge in [-0.1, -0.05) is 0 Å². The van der Waals surface area contributed by atoms with E-state index in [4.69, 9.17) is 0 Å². The quantitative estimate of drug-likeness (QED) is 0.210. The van der Waals surface area contributed by atoms with Crippen molar-refractivity contribution < 1.29 is 24.4 Å². The molecule has 0 aromatic rings. The van der Waals surface area contributed by atoms with E-state index in [0.717, 1.165) is 12.8 Å². The van der Waals surface area contributed by atoms with Crippen LogP contribution in [0.5, 0.6) is 0 Å². The third-order valence-corrected chi connectivity index (χ3v) is 8.67. The molecule has 0 spiro atoms. The molecule has 1 aliphatic carbocycles. The van der Waals surface area contributed by atoms with E-state index in [9.17, 15) is 0 Å². The largest absolute Gasteiger partial charge is 0.147 e. The van der Waals surface area contributed by atoms with Crippen LogP contribution in [0.3, 0.4) is 0 Å². The zero-order valence-electron chi connectivity index (χ0n) is 16.3. The van der Waals surface area contributed by atoms with Crippen LogP contribution in [0.4, 0.5) is 0 Å². The molecule has 0 aromatic carbocycles. The van der Waals surface area contributed by atoms with Crippen LogP contribution in [0, 0.1) is 0 Å². The first-order valence-electron chi connectivity index (χ1n) is 8.34. The first kappa shape index (κ1) is 27.1. The van der Waals surface area contributed by atoms with Crippen LogP contribution in [0.25, 0.3) is 0 Å². The molecule has 0 radical (unpaired) electrons. The van der Waals surface area contributed by atoms with Crippen molar-refractivity contribution >= 4 is 41.0 Å². The maximum Gasteiger partial charge on any atom is -0.147 e. The number of hydrogen-bond acceptors (Lipinski definition) is 0. The van der Waals surface area contributed by atoms with E-state index in [1.54, 1.807) is 14.5 Å². The van der Waals surface area contributed by atoms with Gasteiger partial charge in [-0.15, -0.1) is 24.8 Å². The van der Waals surface area contributed by atoms with Crippen LogP contribution in [0.1, 0.15) is 19.3 Å². The average molecular weight is 569 g/mol. The summed E-state index contributed by atoms with van der Waals surface area (Å²) in [4.78, 5) is 0. The minimum Gasteiger partial charge on any atom is -0.147 e. The Morgan fingerprint density at radius 3 is 1.75 bits per heavy atom. The van der Waals surface area contributed by atoms with Crippen LogP contribution in [0.2, 0.25) is 51.4 Å². The Balaban J connectivity index is 0. The number of rotatable bonds is 8. The van der Waals surface area contributed by atoms with Crippen LogP contribution in [0.15, 0.2) is 44.9 Å². The van der Waals surface area contributed by atoms with Gasteiger partial charge in [0.05, 0.1) is 0 Å². The van der Waals surface area contributed by atoms with Crippen molar-refractivity contribution in [2.45, 2.75) is 70.6 Å². The molecule has 0 aliphatic heterocycles. The summed E-state index contributed by atoms with van der Waals surface area (Å²) in [5.41, 5.74) is 6.10. The van der Waals surface area contributed by atoms with Crippen molar-refractivity contribution in [2.24, 2.45) is 0 Å². The second-order valence-corrected chi connectivity index (χ2v) is 22.3. The Morgan fingerprint density at radius 2 is 1.33 bits per heavy atom. The molecule has 137 valence electrons. The molecule has 0 amide bonds. The molecule has 1 aliphatic rings. The van der Waals surface area contributed by atoms with E-state index in [1.807, 2.05) is 0 Å². The van der Waals surface area contributed by atoms with Crippen LogP contribution in [-0.4, -0.2) is 16.1 Å². The topological polar surface area (TPSA) is 0 Å². The summed E-state index contributed by atoms with van der Waals surface area (Å²) in [7, 11) is -2.08. The summed E-state index contributed by atoms with van der Waals surface area (Å²) in [6.07, 6.45) is 5.88. The van der Waals surface area contributed by atoms with Crippen molar-refractivity contribution in [3.8, 4) is 0 Å². The van der Waals surface area contributed by atoms with Gasteiger partial charge in [0.1, 0.15) is 0 Å². The van der Waals surface area contributed by atoms with E-state index in [2.05, 4.69) is 58.5 Å². The Bertz CT molecular complexity index is 520. The Morgan fingerprint density at radius 1 is 0.917 bits per heavy atom.